The fourth-order valence-electron chi connectivity index (χ4n) is 3.36. The molecule has 0 radical (unpaired) electrons. The summed E-state index contributed by atoms with van der Waals surface area (Å²) in [5, 5.41) is 3.65. The predicted molar refractivity (Wildman–Crippen MR) is 91.6 cm³/mol. The van der Waals surface area contributed by atoms with Gasteiger partial charge in [-0.25, -0.2) is 0 Å². The number of hydrogen-bond donors (Lipinski definition) is 0. The summed E-state index contributed by atoms with van der Waals surface area (Å²) in [4.78, 5) is 14.3. The number of likely N-dealkylation sites (tertiary alicyclic amines) is 1. The van der Waals surface area contributed by atoms with Gasteiger partial charge >= 0.3 is 6.18 Å². The van der Waals surface area contributed by atoms with Crippen LogP contribution in [0.4, 0.5) is 13.2 Å². The number of rotatable bonds is 4. The summed E-state index contributed by atoms with van der Waals surface area (Å²) in [6, 6.07) is 10.8. The van der Waals surface area contributed by atoms with Crippen molar-refractivity contribution in [3.05, 3.63) is 53.9 Å². The molecule has 0 aliphatic carbocycles. The standard InChI is InChI=1S/C19H22F3N3O/c1-14(15-5-3-2-4-6-15)13-18(26)24-10-7-16(8-11-24)25-12-9-17(23-25)19(20,21)22/h2-6,9,12,14,16H,7-8,10-11,13H2,1H3/t14-/m1/s1. The lowest BCUT2D eigenvalue weighted by Gasteiger charge is -2.32. The van der Waals surface area contributed by atoms with E-state index < -0.39 is 11.9 Å². The van der Waals surface area contributed by atoms with Gasteiger partial charge in [0.1, 0.15) is 0 Å². The van der Waals surface area contributed by atoms with Crippen LogP contribution in [0.3, 0.4) is 0 Å². The summed E-state index contributed by atoms with van der Waals surface area (Å²) in [5.41, 5.74) is 0.264. The maximum absolute atomic E-state index is 12.7. The van der Waals surface area contributed by atoms with Crippen LogP contribution in [0.2, 0.25) is 0 Å². The molecule has 7 heteroatoms. The van der Waals surface area contributed by atoms with Crippen molar-refractivity contribution in [1.82, 2.24) is 14.7 Å². The molecular formula is C19H22F3N3O. The maximum atomic E-state index is 12.7. The van der Waals surface area contributed by atoms with E-state index in [-0.39, 0.29) is 17.9 Å². The van der Waals surface area contributed by atoms with Crippen molar-refractivity contribution in [3.63, 3.8) is 0 Å². The van der Waals surface area contributed by atoms with E-state index in [2.05, 4.69) is 5.10 Å². The fourth-order valence-corrected chi connectivity index (χ4v) is 3.36. The van der Waals surface area contributed by atoms with Crippen LogP contribution in [-0.2, 0) is 11.0 Å². The second-order valence-corrected chi connectivity index (χ2v) is 6.81. The number of benzene rings is 1. The maximum Gasteiger partial charge on any atom is 0.435 e. The molecule has 26 heavy (non-hydrogen) atoms. The average molecular weight is 365 g/mol. The van der Waals surface area contributed by atoms with Gasteiger partial charge in [0.15, 0.2) is 5.69 Å². The highest BCUT2D eigenvalue weighted by Gasteiger charge is 2.34. The lowest BCUT2D eigenvalue weighted by molar-refractivity contribution is -0.141. The average Bonchev–Trinajstić information content (AvgIpc) is 3.13. The second-order valence-electron chi connectivity index (χ2n) is 6.81. The Hall–Kier alpha value is -2.31. The highest BCUT2D eigenvalue weighted by molar-refractivity contribution is 5.77. The predicted octanol–water partition coefficient (Wildman–Crippen LogP) is 4.26. The zero-order valence-corrected chi connectivity index (χ0v) is 14.6. The number of piperidine rings is 1. The van der Waals surface area contributed by atoms with Gasteiger partial charge in [-0.3, -0.25) is 9.48 Å². The van der Waals surface area contributed by atoms with E-state index in [4.69, 9.17) is 0 Å². The quantitative estimate of drug-likeness (QED) is 0.812. The Kier molecular flexibility index (Phi) is 5.34. The normalized spacial score (nSPS) is 17.3. The number of alkyl halides is 3. The van der Waals surface area contributed by atoms with E-state index in [9.17, 15) is 18.0 Å². The monoisotopic (exact) mass is 365 g/mol. The van der Waals surface area contributed by atoms with Crippen LogP contribution in [-0.4, -0.2) is 33.7 Å². The molecule has 1 saturated heterocycles. The molecule has 1 aliphatic heterocycles. The van der Waals surface area contributed by atoms with Crippen LogP contribution >= 0.6 is 0 Å². The molecule has 1 amide bonds. The largest absolute Gasteiger partial charge is 0.435 e. The summed E-state index contributed by atoms with van der Waals surface area (Å²) in [5.74, 6) is 0.234. The van der Waals surface area contributed by atoms with Crippen LogP contribution in [0, 0.1) is 0 Å². The Bertz CT molecular complexity index is 734. The van der Waals surface area contributed by atoms with Gasteiger partial charge in [0.25, 0.3) is 0 Å². The Labute approximate surface area is 150 Å². The summed E-state index contributed by atoms with van der Waals surface area (Å²) >= 11 is 0. The molecule has 1 fully saturated rings. The first-order valence-electron chi connectivity index (χ1n) is 8.79. The van der Waals surface area contributed by atoms with E-state index in [1.807, 2.05) is 42.2 Å². The first kappa shape index (κ1) is 18.5. The van der Waals surface area contributed by atoms with E-state index in [1.54, 1.807) is 0 Å². The number of carbonyl (C=O) groups is 1. The minimum absolute atomic E-state index is 0.0937. The van der Waals surface area contributed by atoms with Gasteiger partial charge < -0.3 is 4.90 Å². The summed E-state index contributed by atoms with van der Waals surface area (Å²) in [7, 11) is 0. The van der Waals surface area contributed by atoms with Gasteiger partial charge in [0.2, 0.25) is 5.91 Å². The number of carbonyl (C=O) groups excluding carboxylic acids is 1. The molecule has 0 N–H and O–H groups in total. The third kappa shape index (κ3) is 4.26. The van der Waals surface area contributed by atoms with Crippen molar-refractivity contribution < 1.29 is 18.0 Å². The summed E-state index contributed by atoms with van der Waals surface area (Å²) in [6.07, 6.45) is -1.37. The fraction of sp³-hybridized carbons (Fsp3) is 0.474. The number of hydrogen-bond acceptors (Lipinski definition) is 2. The number of nitrogens with zero attached hydrogens (tertiary/aromatic N) is 3. The molecule has 1 aliphatic rings. The van der Waals surface area contributed by atoms with Crippen molar-refractivity contribution in [2.45, 2.75) is 44.3 Å². The first-order chi connectivity index (χ1) is 12.3. The number of halogens is 3. The van der Waals surface area contributed by atoms with Crippen LogP contribution < -0.4 is 0 Å². The third-order valence-electron chi connectivity index (χ3n) is 4.94. The number of aromatic nitrogens is 2. The molecule has 3 rings (SSSR count). The lowest BCUT2D eigenvalue weighted by atomic mass is 9.96. The van der Waals surface area contributed by atoms with E-state index in [0.717, 1.165) is 11.6 Å². The smallest absolute Gasteiger partial charge is 0.343 e. The molecule has 0 bridgehead atoms. The Morgan fingerprint density at radius 2 is 1.85 bits per heavy atom. The SMILES string of the molecule is C[C@H](CC(=O)N1CCC(n2ccc(C(F)(F)F)n2)CC1)c1ccccc1. The van der Waals surface area contributed by atoms with E-state index >= 15 is 0 Å². The van der Waals surface area contributed by atoms with Crippen LogP contribution in [0.5, 0.6) is 0 Å². The Morgan fingerprint density at radius 1 is 1.19 bits per heavy atom. The molecule has 0 saturated carbocycles. The zero-order valence-electron chi connectivity index (χ0n) is 14.6. The minimum Gasteiger partial charge on any atom is -0.343 e. The van der Waals surface area contributed by atoms with E-state index in [1.165, 1.54) is 10.9 Å². The molecule has 2 aromatic rings. The van der Waals surface area contributed by atoms with Gasteiger partial charge in [0.05, 0.1) is 6.04 Å². The van der Waals surface area contributed by atoms with Crippen LogP contribution in [0.25, 0.3) is 0 Å². The zero-order chi connectivity index (χ0) is 18.7. The molecular weight excluding hydrogens is 343 g/mol. The van der Waals surface area contributed by atoms with Crippen molar-refractivity contribution in [1.29, 1.82) is 0 Å². The molecule has 0 unspecified atom stereocenters. The molecule has 140 valence electrons. The minimum atomic E-state index is -4.42. The van der Waals surface area contributed by atoms with Crippen molar-refractivity contribution >= 4 is 5.91 Å². The van der Waals surface area contributed by atoms with Gasteiger partial charge in [-0.05, 0) is 30.4 Å². The third-order valence-corrected chi connectivity index (χ3v) is 4.94. The van der Waals surface area contributed by atoms with Crippen molar-refractivity contribution in [3.8, 4) is 0 Å². The Morgan fingerprint density at radius 3 is 2.42 bits per heavy atom. The molecule has 1 aromatic carbocycles. The molecule has 4 nitrogen and oxygen atoms in total. The highest BCUT2D eigenvalue weighted by atomic mass is 19.4. The Balaban J connectivity index is 1.53. The molecule has 2 heterocycles. The van der Waals surface area contributed by atoms with Gasteiger partial charge in [-0.1, -0.05) is 37.3 Å². The van der Waals surface area contributed by atoms with Crippen molar-refractivity contribution in [2.75, 3.05) is 13.1 Å². The van der Waals surface area contributed by atoms with Gasteiger partial charge in [-0.15, -0.1) is 0 Å². The summed E-state index contributed by atoms with van der Waals surface area (Å²) < 4.78 is 39.4. The molecule has 1 aromatic heterocycles. The highest BCUT2D eigenvalue weighted by Crippen LogP contribution is 2.30. The van der Waals surface area contributed by atoms with Crippen LogP contribution in [0.15, 0.2) is 42.6 Å². The number of amides is 1. The second kappa shape index (κ2) is 7.51. The van der Waals surface area contributed by atoms with Gasteiger partial charge in [0, 0.05) is 25.7 Å². The van der Waals surface area contributed by atoms with E-state index in [0.29, 0.717) is 32.4 Å². The summed E-state index contributed by atoms with van der Waals surface area (Å²) in [6.45, 7) is 3.13. The van der Waals surface area contributed by atoms with Gasteiger partial charge in [-0.2, -0.15) is 18.3 Å². The van der Waals surface area contributed by atoms with Crippen molar-refractivity contribution in [2.24, 2.45) is 0 Å². The topological polar surface area (TPSA) is 38.1 Å². The van der Waals surface area contributed by atoms with Crippen LogP contribution in [0.1, 0.15) is 49.4 Å². The molecule has 1 atom stereocenters. The first-order valence-corrected chi connectivity index (χ1v) is 8.79. The lowest BCUT2D eigenvalue weighted by Crippen LogP contribution is -2.39. The molecule has 0 spiro atoms.